The minimum Gasteiger partial charge on any atom is -0.385 e. The van der Waals surface area contributed by atoms with Gasteiger partial charge in [0.25, 0.3) is 0 Å². The summed E-state index contributed by atoms with van der Waals surface area (Å²) in [6.45, 7) is 2.26. The van der Waals surface area contributed by atoms with Crippen molar-refractivity contribution in [3.05, 3.63) is 18.2 Å². The smallest absolute Gasteiger partial charge is 0.169 e. The second kappa shape index (κ2) is 7.19. The van der Waals surface area contributed by atoms with Gasteiger partial charge in [-0.05, 0) is 18.6 Å². The third-order valence-corrected chi connectivity index (χ3v) is 2.55. The van der Waals surface area contributed by atoms with E-state index >= 15 is 0 Å². The van der Waals surface area contributed by atoms with Crippen LogP contribution in [0.25, 0.3) is 0 Å². The maximum Gasteiger partial charge on any atom is 0.169 e. The van der Waals surface area contributed by atoms with Crippen molar-refractivity contribution in [3.63, 3.8) is 0 Å². The summed E-state index contributed by atoms with van der Waals surface area (Å²) in [7, 11) is 3.63. The Morgan fingerprint density at radius 2 is 2.50 bits per heavy atom. The molecule has 0 fully saturated rings. The molecule has 0 aliphatic carbocycles. The lowest BCUT2D eigenvalue weighted by atomic mass is 10.4. The average Bonchev–Trinajstić information content (AvgIpc) is 2.76. The molecule has 0 unspecified atom stereocenters. The molecule has 0 saturated carbocycles. The van der Waals surface area contributed by atoms with Crippen molar-refractivity contribution < 1.29 is 4.74 Å². The van der Waals surface area contributed by atoms with E-state index in [4.69, 9.17) is 17.0 Å². The van der Waals surface area contributed by atoms with E-state index in [1.807, 2.05) is 11.9 Å². The quantitative estimate of drug-likeness (QED) is 0.569. The van der Waals surface area contributed by atoms with Crippen molar-refractivity contribution in [2.24, 2.45) is 0 Å². The summed E-state index contributed by atoms with van der Waals surface area (Å²) < 4.78 is 4.96. The average molecular weight is 242 g/mol. The van der Waals surface area contributed by atoms with Crippen LogP contribution in [-0.2, 0) is 11.3 Å². The van der Waals surface area contributed by atoms with Crippen LogP contribution in [0.2, 0.25) is 0 Å². The van der Waals surface area contributed by atoms with Gasteiger partial charge in [-0.1, -0.05) is 0 Å². The van der Waals surface area contributed by atoms with Gasteiger partial charge < -0.3 is 19.9 Å². The molecule has 0 amide bonds. The van der Waals surface area contributed by atoms with E-state index in [-0.39, 0.29) is 0 Å². The molecule has 16 heavy (non-hydrogen) atoms. The number of aromatic nitrogens is 2. The Morgan fingerprint density at radius 1 is 1.69 bits per heavy atom. The molecule has 90 valence electrons. The summed E-state index contributed by atoms with van der Waals surface area (Å²) >= 11 is 5.23. The third kappa shape index (κ3) is 4.59. The lowest BCUT2D eigenvalue weighted by molar-refractivity contribution is 0.195. The predicted octanol–water partition coefficient (Wildman–Crippen LogP) is 0.752. The second-order valence-corrected chi connectivity index (χ2v) is 3.86. The molecule has 1 heterocycles. The minimum absolute atomic E-state index is 0.684. The van der Waals surface area contributed by atoms with Gasteiger partial charge in [0.05, 0.1) is 6.54 Å². The highest BCUT2D eigenvalue weighted by molar-refractivity contribution is 7.80. The molecule has 5 nitrogen and oxygen atoms in total. The van der Waals surface area contributed by atoms with Crippen LogP contribution >= 0.6 is 12.2 Å². The number of thiocarbonyl (C=S) groups is 1. The molecule has 1 rings (SSSR count). The topological polar surface area (TPSA) is 53.2 Å². The number of nitrogens with one attached hydrogen (secondary N) is 2. The maximum absolute atomic E-state index is 5.23. The number of aromatic amines is 1. The van der Waals surface area contributed by atoms with Gasteiger partial charge in [-0.3, -0.25) is 0 Å². The number of rotatable bonds is 6. The minimum atomic E-state index is 0.684. The fourth-order valence-electron chi connectivity index (χ4n) is 1.23. The Morgan fingerprint density at radius 3 is 3.12 bits per heavy atom. The number of imidazole rings is 1. The molecular formula is C10H18N4OS. The molecular weight excluding hydrogens is 224 g/mol. The molecule has 1 aromatic heterocycles. The highest BCUT2D eigenvalue weighted by atomic mass is 32.1. The first-order valence-corrected chi connectivity index (χ1v) is 5.61. The Bertz CT molecular complexity index is 302. The predicted molar refractivity (Wildman–Crippen MR) is 67.1 cm³/mol. The molecule has 0 aliphatic rings. The van der Waals surface area contributed by atoms with Crippen molar-refractivity contribution in [1.82, 2.24) is 20.2 Å². The number of ether oxygens (including phenoxy) is 1. The van der Waals surface area contributed by atoms with E-state index in [1.165, 1.54) is 0 Å². The molecule has 0 saturated heterocycles. The zero-order valence-corrected chi connectivity index (χ0v) is 10.5. The van der Waals surface area contributed by atoms with Gasteiger partial charge in [-0.25, -0.2) is 4.98 Å². The second-order valence-electron chi connectivity index (χ2n) is 3.47. The number of hydrogen-bond acceptors (Lipinski definition) is 3. The van der Waals surface area contributed by atoms with Crippen LogP contribution in [0, 0.1) is 0 Å². The number of methoxy groups -OCH3 is 1. The van der Waals surface area contributed by atoms with Crippen LogP contribution in [0.3, 0.4) is 0 Å². The number of nitrogens with zero attached hydrogens (tertiary/aromatic N) is 2. The van der Waals surface area contributed by atoms with Crippen LogP contribution in [0.5, 0.6) is 0 Å². The summed E-state index contributed by atoms with van der Waals surface area (Å²) in [6.07, 6.45) is 4.49. The van der Waals surface area contributed by atoms with Crippen molar-refractivity contribution in [1.29, 1.82) is 0 Å². The highest BCUT2D eigenvalue weighted by Gasteiger charge is 2.05. The first-order chi connectivity index (χ1) is 7.74. The van der Waals surface area contributed by atoms with E-state index in [1.54, 1.807) is 19.5 Å². The lowest BCUT2D eigenvalue weighted by Crippen LogP contribution is -2.37. The van der Waals surface area contributed by atoms with Gasteiger partial charge in [-0.2, -0.15) is 0 Å². The van der Waals surface area contributed by atoms with Crippen LogP contribution in [0.1, 0.15) is 12.2 Å². The third-order valence-electron chi connectivity index (χ3n) is 2.09. The fourth-order valence-corrected chi connectivity index (χ4v) is 1.39. The summed E-state index contributed by atoms with van der Waals surface area (Å²) in [5.41, 5.74) is 0. The summed E-state index contributed by atoms with van der Waals surface area (Å²) in [6, 6.07) is 0. The van der Waals surface area contributed by atoms with Gasteiger partial charge in [0.15, 0.2) is 5.11 Å². The molecule has 0 bridgehead atoms. The van der Waals surface area contributed by atoms with Crippen molar-refractivity contribution in [3.8, 4) is 0 Å². The number of hydrogen-bond donors (Lipinski definition) is 2. The monoisotopic (exact) mass is 242 g/mol. The first-order valence-electron chi connectivity index (χ1n) is 5.20. The molecule has 0 spiro atoms. The zero-order valence-electron chi connectivity index (χ0n) is 9.69. The van der Waals surface area contributed by atoms with E-state index in [2.05, 4.69) is 15.3 Å². The van der Waals surface area contributed by atoms with E-state index in [0.717, 1.165) is 30.5 Å². The Balaban J connectivity index is 2.20. The summed E-state index contributed by atoms with van der Waals surface area (Å²) in [4.78, 5) is 9.13. The van der Waals surface area contributed by atoms with Crippen LogP contribution in [-0.4, -0.2) is 47.3 Å². The van der Waals surface area contributed by atoms with Gasteiger partial charge in [0.1, 0.15) is 5.82 Å². The zero-order chi connectivity index (χ0) is 11.8. The van der Waals surface area contributed by atoms with E-state index in [9.17, 15) is 0 Å². The fraction of sp³-hybridized carbons (Fsp3) is 0.600. The molecule has 6 heteroatoms. The maximum atomic E-state index is 5.23. The van der Waals surface area contributed by atoms with Crippen LogP contribution in [0.4, 0.5) is 0 Å². The summed E-state index contributed by atoms with van der Waals surface area (Å²) in [5.74, 6) is 0.906. The molecule has 0 aliphatic heterocycles. The standard InChI is InChI=1S/C10H18N4OS/c1-14(8-9-11-5-6-12-9)10(16)13-4-3-7-15-2/h5-6H,3-4,7-8H2,1-2H3,(H,11,12)(H,13,16). The molecule has 0 atom stereocenters. The Labute approximate surface area is 101 Å². The van der Waals surface area contributed by atoms with Crippen LogP contribution in [0.15, 0.2) is 12.4 Å². The van der Waals surface area contributed by atoms with Gasteiger partial charge in [0, 0.05) is 39.7 Å². The first kappa shape index (κ1) is 12.9. The largest absolute Gasteiger partial charge is 0.385 e. The molecule has 0 radical (unpaired) electrons. The van der Waals surface area contributed by atoms with Gasteiger partial charge >= 0.3 is 0 Å². The van der Waals surface area contributed by atoms with Gasteiger partial charge in [0.2, 0.25) is 0 Å². The van der Waals surface area contributed by atoms with Crippen molar-refractivity contribution in [2.45, 2.75) is 13.0 Å². The van der Waals surface area contributed by atoms with Gasteiger partial charge in [-0.15, -0.1) is 0 Å². The SMILES string of the molecule is COCCCNC(=S)N(C)Cc1ncc[nH]1. The molecule has 0 aromatic carbocycles. The summed E-state index contributed by atoms with van der Waals surface area (Å²) in [5, 5.41) is 3.89. The normalized spacial score (nSPS) is 10.1. The Kier molecular flexibility index (Phi) is 5.81. The number of H-pyrrole nitrogens is 1. The van der Waals surface area contributed by atoms with Crippen molar-refractivity contribution in [2.75, 3.05) is 27.3 Å². The van der Waals surface area contributed by atoms with E-state index < -0.39 is 0 Å². The van der Waals surface area contributed by atoms with Crippen molar-refractivity contribution >= 4 is 17.3 Å². The van der Waals surface area contributed by atoms with E-state index in [0.29, 0.717) is 6.54 Å². The molecule has 2 N–H and O–H groups in total. The molecule has 1 aromatic rings. The Hall–Kier alpha value is -1.14. The highest BCUT2D eigenvalue weighted by Crippen LogP contribution is 1.96. The van der Waals surface area contributed by atoms with Crippen LogP contribution < -0.4 is 5.32 Å². The lowest BCUT2D eigenvalue weighted by Gasteiger charge is -2.19.